The van der Waals surface area contributed by atoms with Crippen LogP contribution in [0.3, 0.4) is 0 Å². The number of fused-ring (bicyclic) bond motifs is 5. The van der Waals surface area contributed by atoms with Crippen molar-refractivity contribution in [1.82, 2.24) is 0 Å². The number of aliphatic hydroxyl groups is 3. The van der Waals surface area contributed by atoms with Gasteiger partial charge in [-0.3, -0.25) is 14.4 Å². The van der Waals surface area contributed by atoms with Crippen molar-refractivity contribution in [2.24, 2.45) is 28.6 Å². The topological polar surface area (TPSA) is 158 Å². The first-order valence-electron chi connectivity index (χ1n) is 13.8. The van der Waals surface area contributed by atoms with Crippen LogP contribution < -0.4 is 4.74 Å². The number of esters is 1. The maximum absolute atomic E-state index is 16.9. The van der Waals surface area contributed by atoms with E-state index in [1.807, 2.05) is 0 Å². The lowest BCUT2D eigenvalue weighted by molar-refractivity contribution is -0.219. The van der Waals surface area contributed by atoms with Gasteiger partial charge in [0.15, 0.2) is 17.2 Å². The predicted octanol–water partition coefficient (Wildman–Crippen LogP) is 3.21. The first kappa shape index (κ1) is 30.7. The second-order valence-electron chi connectivity index (χ2n) is 12.1. The van der Waals surface area contributed by atoms with Gasteiger partial charge in [0.1, 0.15) is 23.5 Å². The summed E-state index contributed by atoms with van der Waals surface area (Å²) in [5.74, 6) is -3.70. The molecule has 41 heavy (non-hydrogen) atoms. The fraction of sp³-hybridized carbons (Fsp3) is 0.548. The molecule has 8 atom stereocenters. The van der Waals surface area contributed by atoms with Gasteiger partial charge in [0, 0.05) is 23.7 Å². The quantitative estimate of drug-likeness (QED) is 0.314. The van der Waals surface area contributed by atoms with Gasteiger partial charge >= 0.3 is 11.9 Å². The largest absolute Gasteiger partial charge is 0.478 e. The third-order valence-corrected chi connectivity index (χ3v) is 10.2. The summed E-state index contributed by atoms with van der Waals surface area (Å²) in [4.78, 5) is 45.6. The standard InChI is InChI=1S/C22H29FO5.C9H8O4/c1-12-8-16-15-5-4-13-9-14(25)6-7-19(13,2)21(15,23)17(26)10-20(16,3)22(12,28)18(27)11-24;1-6(10)13-8-5-3-2-4-7(8)9(11)12/h6-7,9,12,15-17,24,26,28H,4-5,8,10-11H2,1-3H3;2-5H,1H3,(H,11,12)/t12-,15+,16+,17+,19+,20+,21+,22+;/m1./s1. The summed E-state index contributed by atoms with van der Waals surface area (Å²) in [5.41, 5.74) is -5.19. The van der Waals surface area contributed by atoms with Crippen molar-refractivity contribution < 1.29 is 48.7 Å². The van der Waals surface area contributed by atoms with Crippen molar-refractivity contribution in [3.8, 4) is 5.75 Å². The van der Waals surface area contributed by atoms with Gasteiger partial charge in [-0.05, 0) is 68.7 Å². The summed E-state index contributed by atoms with van der Waals surface area (Å²) in [6, 6.07) is 5.98. The lowest BCUT2D eigenvalue weighted by atomic mass is 9.44. The highest BCUT2D eigenvalue weighted by atomic mass is 19.1. The number of carboxylic acid groups (broad SMARTS) is 1. The number of hydrogen-bond acceptors (Lipinski definition) is 8. The summed E-state index contributed by atoms with van der Waals surface area (Å²) >= 11 is 0. The van der Waals surface area contributed by atoms with Crippen LogP contribution in [0.4, 0.5) is 4.39 Å². The SMILES string of the molecule is CC(=O)Oc1ccccc1C(=O)O.C[C@@H]1C[C@H]2[C@@H]3CCC4=CC(=O)C=C[C@]4(C)[C@@]3(F)[C@@H](O)C[C@]2(C)[C@@]1(O)C(=O)CO. The van der Waals surface area contributed by atoms with Crippen LogP contribution in [0.25, 0.3) is 0 Å². The second kappa shape index (κ2) is 10.6. The van der Waals surface area contributed by atoms with Crippen LogP contribution in [0.1, 0.15) is 63.7 Å². The van der Waals surface area contributed by atoms with Crippen LogP contribution >= 0.6 is 0 Å². The van der Waals surface area contributed by atoms with Crippen molar-refractivity contribution in [3.63, 3.8) is 0 Å². The lowest BCUT2D eigenvalue weighted by Crippen LogP contribution is -2.69. The molecule has 4 N–H and O–H groups in total. The molecule has 4 aliphatic rings. The van der Waals surface area contributed by atoms with E-state index in [0.717, 1.165) is 0 Å². The molecule has 0 unspecified atom stereocenters. The number of benzene rings is 1. The number of carbonyl (C=O) groups is 4. The number of carboxylic acids is 1. The van der Waals surface area contributed by atoms with Crippen molar-refractivity contribution in [2.45, 2.75) is 70.8 Å². The fourth-order valence-corrected chi connectivity index (χ4v) is 8.15. The molecule has 0 spiro atoms. The second-order valence-corrected chi connectivity index (χ2v) is 12.1. The molecule has 9 nitrogen and oxygen atoms in total. The number of Topliss-reactive ketones (excluding diaryl/α,β-unsaturated/α-hetero) is 1. The molecule has 3 saturated carbocycles. The Labute approximate surface area is 237 Å². The highest BCUT2D eigenvalue weighted by Gasteiger charge is 2.75. The van der Waals surface area contributed by atoms with Gasteiger partial charge in [-0.25, -0.2) is 9.18 Å². The minimum atomic E-state index is -1.98. The van der Waals surface area contributed by atoms with Crippen LogP contribution in [-0.4, -0.2) is 67.9 Å². The Balaban J connectivity index is 0.000000251. The molecule has 5 rings (SSSR count). The third kappa shape index (κ3) is 4.47. The normalized spacial score (nSPS) is 38.8. The third-order valence-electron chi connectivity index (χ3n) is 10.2. The number of ether oxygens (including phenoxy) is 1. The number of allylic oxidation sites excluding steroid dienone is 4. The van der Waals surface area contributed by atoms with Crippen molar-refractivity contribution >= 4 is 23.5 Å². The Morgan fingerprint density at radius 1 is 1.15 bits per heavy atom. The van der Waals surface area contributed by atoms with E-state index in [1.165, 1.54) is 31.2 Å². The Kier molecular flexibility index (Phi) is 7.92. The fourth-order valence-electron chi connectivity index (χ4n) is 8.15. The van der Waals surface area contributed by atoms with Gasteiger partial charge in [-0.1, -0.05) is 37.6 Å². The molecule has 0 aromatic heterocycles. The molecule has 0 radical (unpaired) electrons. The van der Waals surface area contributed by atoms with E-state index in [1.54, 1.807) is 39.0 Å². The number of para-hydroxylation sites is 1. The molecule has 0 bridgehead atoms. The van der Waals surface area contributed by atoms with Crippen LogP contribution in [0.15, 0.2) is 48.1 Å². The Morgan fingerprint density at radius 3 is 2.41 bits per heavy atom. The van der Waals surface area contributed by atoms with Crippen molar-refractivity contribution in [3.05, 3.63) is 53.6 Å². The highest BCUT2D eigenvalue weighted by molar-refractivity contribution is 6.01. The smallest absolute Gasteiger partial charge is 0.339 e. The van der Waals surface area contributed by atoms with E-state index in [2.05, 4.69) is 4.74 Å². The maximum Gasteiger partial charge on any atom is 0.339 e. The number of carbonyl (C=O) groups excluding carboxylic acids is 3. The first-order chi connectivity index (χ1) is 19.1. The van der Waals surface area contributed by atoms with Crippen molar-refractivity contribution in [1.29, 1.82) is 0 Å². The van der Waals surface area contributed by atoms with Gasteiger partial charge in [-0.15, -0.1) is 0 Å². The molecule has 1 aromatic rings. The highest BCUT2D eigenvalue weighted by Crippen LogP contribution is 2.70. The summed E-state index contributed by atoms with van der Waals surface area (Å²) in [7, 11) is 0. The number of ketones is 2. The molecule has 1 aromatic carbocycles. The van der Waals surface area contributed by atoms with Crippen molar-refractivity contribution in [2.75, 3.05) is 6.61 Å². The van der Waals surface area contributed by atoms with Gasteiger partial charge < -0.3 is 25.2 Å². The van der Waals surface area contributed by atoms with Crippen LogP contribution in [-0.2, 0) is 14.4 Å². The molecular formula is C31H37FO9. The van der Waals surface area contributed by atoms with E-state index >= 15 is 4.39 Å². The van der Waals surface area contributed by atoms with Crippen LogP contribution in [0.2, 0.25) is 0 Å². The number of aromatic carboxylic acids is 1. The summed E-state index contributed by atoms with van der Waals surface area (Å²) in [6.45, 7) is 5.70. The molecule has 10 heteroatoms. The molecule has 0 heterocycles. The Morgan fingerprint density at radius 2 is 1.80 bits per heavy atom. The van der Waals surface area contributed by atoms with Gasteiger partial charge in [-0.2, -0.15) is 0 Å². The van der Waals surface area contributed by atoms with Crippen LogP contribution in [0.5, 0.6) is 5.75 Å². The molecular weight excluding hydrogens is 535 g/mol. The molecule has 0 aliphatic heterocycles. The van der Waals surface area contributed by atoms with Gasteiger partial charge in [0.2, 0.25) is 0 Å². The number of alkyl halides is 1. The molecule has 3 fully saturated rings. The number of rotatable bonds is 4. The number of aliphatic hydroxyl groups excluding tert-OH is 2. The zero-order valence-corrected chi connectivity index (χ0v) is 23.6. The number of hydrogen-bond donors (Lipinski definition) is 4. The minimum absolute atomic E-state index is 0.0160. The Bertz CT molecular complexity index is 1340. The monoisotopic (exact) mass is 572 g/mol. The van der Waals surface area contributed by atoms with Crippen LogP contribution in [0, 0.1) is 28.6 Å². The average Bonchev–Trinajstić information content (AvgIpc) is 3.11. The molecule has 0 amide bonds. The van der Waals surface area contributed by atoms with E-state index in [-0.39, 0.29) is 29.4 Å². The van der Waals surface area contributed by atoms with Gasteiger partial charge in [0.25, 0.3) is 0 Å². The van der Waals surface area contributed by atoms with E-state index < -0.39 is 64.4 Å². The molecule has 222 valence electrons. The van der Waals surface area contributed by atoms with E-state index in [4.69, 9.17) is 5.11 Å². The van der Waals surface area contributed by atoms with E-state index in [9.17, 15) is 34.5 Å². The maximum atomic E-state index is 16.9. The summed E-state index contributed by atoms with van der Waals surface area (Å²) in [5, 5.41) is 40.7. The molecule has 0 saturated heterocycles. The molecule has 4 aliphatic carbocycles. The number of halogens is 1. The first-order valence-corrected chi connectivity index (χ1v) is 13.8. The lowest BCUT2D eigenvalue weighted by Gasteiger charge is -2.62. The van der Waals surface area contributed by atoms with Gasteiger partial charge in [0.05, 0.1) is 6.10 Å². The predicted molar refractivity (Wildman–Crippen MR) is 145 cm³/mol. The zero-order chi connectivity index (χ0) is 30.5. The zero-order valence-electron chi connectivity index (χ0n) is 23.6. The van der Waals surface area contributed by atoms with E-state index in [0.29, 0.717) is 24.8 Å². The summed E-state index contributed by atoms with van der Waals surface area (Å²) in [6.07, 6.45) is 4.44. The summed E-state index contributed by atoms with van der Waals surface area (Å²) < 4.78 is 21.5. The Hall–Kier alpha value is -3.21. The average molecular weight is 573 g/mol. The minimum Gasteiger partial charge on any atom is -0.478 e.